The molecule has 0 fully saturated rings. The second kappa shape index (κ2) is 8.19. The highest BCUT2D eigenvalue weighted by Crippen LogP contribution is 2.43. The summed E-state index contributed by atoms with van der Waals surface area (Å²) in [6.45, 7) is 15.2. The molecule has 0 saturated carbocycles. The second-order valence-corrected chi connectivity index (χ2v) is 13.0. The van der Waals surface area contributed by atoms with Crippen LogP contribution < -0.4 is 4.72 Å². The number of furan rings is 1. The van der Waals surface area contributed by atoms with Crippen molar-refractivity contribution in [3.05, 3.63) is 58.8 Å². The quantitative estimate of drug-likeness (QED) is 0.426. The Morgan fingerprint density at radius 1 is 1.06 bits per heavy atom. The molecular formula is C28H37NO3S. The minimum absolute atomic E-state index is 0.0259. The number of benzene rings is 2. The normalized spacial score (nSPS) is 17.2. The van der Waals surface area contributed by atoms with Crippen LogP contribution in [0.2, 0.25) is 0 Å². The molecule has 0 bridgehead atoms. The topological polar surface area (TPSA) is 59.3 Å². The van der Waals surface area contributed by atoms with Gasteiger partial charge in [0.15, 0.2) is 0 Å². The highest BCUT2D eigenvalue weighted by molar-refractivity contribution is 7.92. The van der Waals surface area contributed by atoms with Crippen LogP contribution in [0.15, 0.2) is 45.7 Å². The molecular weight excluding hydrogens is 430 g/mol. The van der Waals surface area contributed by atoms with Gasteiger partial charge >= 0.3 is 0 Å². The molecule has 178 valence electrons. The van der Waals surface area contributed by atoms with E-state index in [0.717, 1.165) is 53.5 Å². The van der Waals surface area contributed by atoms with E-state index in [1.807, 2.05) is 31.2 Å². The van der Waals surface area contributed by atoms with Crippen LogP contribution in [0.3, 0.4) is 0 Å². The smallest absolute Gasteiger partial charge is 0.261 e. The molecule has 5 heteroatoms. The number of sulfonamides is 1. The Labute approximate surface area is 198 Å². The lowest BCUT2D eigenvalue weighted by Crippen LogP contribution is -2.28. The molecule has 0 amide bonds. The Morgan fingerprint density at radius 3 is 2.33 bits per heavy atom. The van der Waals surface area contributed by atoms with Crippen LogP contribution in [-0.2, 0) is 28.3 Å². The first kappa shape index (κ1) is 23.9. The molecule has 1 N–H and O–H groups in total. The summed E-state index contributed by atoms with van der Waals surface area (Å²) in [4.78, 5) is 0.272. The van der Waals surface area contributed by atoms with Gasteiger partial charge in [-0.1, -0.05) is 60.1 Å². The summed E-state index contributed by atoms with van der Waals surface area (Å²) in [5.41, 5.74) is 4.92. The van der Waals surface area contributed by atoms with E-state index in [4.69, 9.17) is 4.42 Å². The average molecular weight is 468 g/mol. The number of hydrogen-bond donors (Lipinski definition) is 1. The number of fused-ring (bicyclic) bond motifs is 3. The number of nitrogens with one attached hydrogen (secondary N) is 1. The Hall–Kier alpha value is -2.27. The monoisotopic (exact) mass is 467 g/mol. The summed E-state index contributed by atoms with van der Waals surface area (Å²) in [6, 6.07) is 11.1. The van der Waals surface area contributed by atoms with Crippen molar-refractivity contribution >= 4 is 26.7 Å². The van der Waals surface area contributed by atoms with Crippen LogP contribution in [0, 0.1) is 18.3 Å². The molecule has 0 saturated heterocycles. The van der Waals surface area contributed by atoms with Crippen molar-refractivity contribution in [1.29, 1.82) is 0 Å². The summed E-state index contributed by atoms with van der Waals surface area (Å²) >= 11 is 0. The first-order chi connectivity index (χ1) is 15.3. The van der Waals surface area contributed by atoms with Crippen molar-refractivity contribution in [2.45, 2.75) is 84.5 Å². The van der Waals surface area contributed by atoms with Crippen LogP contribution in [0.5, 0.6) is 0 Å². The maximum Gasteiger partial charge on any atom is 0.261 e. The standard InChI is InChI=1S/C28H37NO3S/c1-8-28(6,7)20-11-14-25-22(16-20)23-17-24(18(2)15-26(23)32-25)29-33(30,31)21-12-9-19(10-13-21)27(3,4)5/h9-10,12-13,15,17,20,29H,8,11,14,16H2,1-7H3/t20-/m0/s1. The molecule has 1 aliphatic carbocycles. The molecule has 3 aromatic rings. The molecule has 4 rings (SSSR count). The van der Waals surface area contributed by atoms with E-state index in [1.54, 1.807) is 12.1 Å². The van der Waals surface area contributed by atoms with Crippen molar-refractivity contribution in [3.63, 3.8) is 0 Å². The fourth-order valence-electron chi connectivity index (χ4n) is 4.83. The molecule has 1 heterocycles. The lowest BCUT2D eigenvalue weighted by atomic mass is 9.69. The van der Waals surface area contributed by atoms with Gasteiger partial charge in [0.05, 0.1) is 10.6 Å². The molecule has 4 nitrogen and oxygen atoms in total. The van der Waals surface area contributed by atoms with Gasteiger partial charge in [-0.3, -0.25) is 4.72 Å². The molecule has 0 aliphatic heterocycles. The summed E-state index contributed by atoms with van der Waals surface area (Å²) in [7, 11) is -3.69. The predicted octanol–water partition coefficient (Wildman–Crippen LogP) is 7.38. The fourth-order valence-corrected chi connectivity index (χ4v) is 5.95. The zero-order valence-electron chi connectivity index (χ0n) is 21.0. The average Bonchev–Trinajstić information content (AvgIpc) is 3.09. The van der Waals surface area contributed by atoms with Crippen LogP contribution in [0.25, 0.3) is 11.0 Å². The van der Waals surface area contributed by atoms with Gasteiger partial charge in [0.2, 0.25) is 0 Å². The van der Waals surface area contributed by atoms with Gasteiger partial charge in [-0.25, -0.2) is 8.42 Å². The number of aryl methyl sites for hydroxylation is 2. The third-order valence-electron chi connectivity index (χ3n) is 7.68. The van der Waals surface area contributed by atoms with E-state index in [0.29, 0.717) is 11.6 Å². The summed E-state index contributed by atoms with van der Waals surface area (Å²) in [5, 5.41) is 1.04. The second-order valence-electron chi connectivity index (χ2n) is 11.3. The van der Waals surface area contributed by atoms with Gasteiger partial charge in [-0.15, -0.1) is 0 Å². The first-order valence-corrected chi connectivity index (χ1v) is 13.5. The number of anilines is 1. The minimum Gasteiger partial charge on any atom is -0.461 e. The highest BCUT2D eigenvalue weighted by atomic mass is 32.2. The molecule has 2 aromatic carbocycles. The van der Waals surface area contributed by atoms with E-state index in [-0.39, 0.29) is 15.7 Å². The van der Waals surface area contributed by atoms with Crippen LogP contribution in [-0.4, -0.2) is 8.42 Å². The van der Waals surface area contributed by atoms with E-state index >= 15 is 0 Å². The van der Waals surface area contributed by atoms with Crippen LogP contribution in [0.4, 0.5) is 5.69 Å². The van der Waals surface area contributed by atoms with E-state index in [9.17, 15) is 8.42 Å². The summed E-state index contributed by atoms with van der Waals surface area (Å²) in [6.07, 6.45) is 4.20. The van der Waals surface area contributed by atoms with E-state index < -0.39 is 10.0 Å². The Kier molecular flexibility index (Phi) is 5.93. The van der Waals surface area contributed by atoms with Gasteiger partial charge < -0.3 is 4.42 Å². The maximum absolute atomic E-state index is 13.2. The largest absolute Gasteiger partial charge is 0.461 e. The third-order valence-corrected chi connectivity index (χ3v) is 9.06. The van der Waals surface area contributed by atoms with Crippen molar-refractivity contribution < 1.29 is 12.8 Å². The van der Waals surface area contributed by atoms with Gasteiger partial charge in [-0.2, -0.15) is 0 Å². The van der Waals surface area contributed by atoms with Crippen LogP contribution in [0.1, 0.15) is 76.8 Å². The molecule has 0 spiro atoms. The van der Waals surface area contributed by atoms with Gasteiger partial charge in [0.25, 0.3) is 10.0 Å². The summed E-state index contributed by atoms with van der Waals surface area (Å²) < 4.78 is 35.4. The molecule has 1 atom stereocenters. The zero-order chi connectivity index (χ0) is 24.2. The van der Waals surface area contributed by atoms with Gasteiger partial charge in [-0.05, 0) is 71.9 Å². The highest BCUT2D eigenvalue weighted by Gasteiger charge is 2.33. The lowest BCUT2D eigenvalue weighted by Gasteiger charge is -2.36. The van der Waals surface area contributed by atoms with Crippen molar-refractivity contribution in [2.75, 3.05) is 4.72 Å². The van der Waals surface area contributed by atoms with Crippen molar-refractivity contribution in [1.82, 2.24) is 0 Å². The summed E-state index contributed by atoms with van der Waals surface area (Å²) in [5.74, 6) is 1.66. The number of rotatable bonds is 5. The molecule has 1 aliphatic rings. The Morgan fingerprint density at radius 2 is 1.73 bits per heavy atom. The Balaban J connectivity index is 1.68. The number of hydrogen-bond acceptors (Lipinski definition) is 3. The molecule has 0 unspecified atom stereocenters. The van der Waals surface area contributed by atoms with Gasteiger partial charge in [0.1, 0.15) is 11.3 Å². The fraction of sp³-hybridized carbons (Fsp3) is 0.500. The third kappa shape index (κ3) is 4.57. The first-order valence-electron chi connectivity index (χ1n) is 12.0. The lowest BCUT2D eigenvalue weighted by molar-refractivity contribution is 0.179. The van der Waals surface area contributed by atoms with E-state index in [2.05, 4.69) is 46.3 Å². The van der Waals surface area contributed by atoms with E-state index in [1.165, 1.54) is 5.56 Å². The van der Waals surface area contributed by atoms with Gasteiger partial charge in [0, 0.05) is 17.4 Å². The van der Waals surface area contributed by atoms with Crippen LogP contribution >= 0.6 is 0 Å². The Bertz CT molecular complexity index is 1280. The van der Waals surface area contributed by atoms with Crippen molar-refractivity contribution in [2.24, 2.45) is 11.3 Å². The molecule has 33 heavy (non-hydrogen) atoms. The van der Waals surface area contributed by atoms with Crippen molar-refractivity contribution in [3.8, 4) is 0 Å². The zero-order valence-corrected chi connectivity index (χ0v) is 21.8. The predicted molar refractivity (Wildman–Crippen MR) is 136 cm³/mol. The SMILES string of the molecule is CCC(C)(C)[C@H]1CCc2oc3cc(C)c(NS(=O)(=O)c4ccc(C(C)(C)C)cc4)cc3c2C1. The maximum atomic E-state index is 13.2. The minimum atomic E-state index is -3.69. The molecule has 1 aromatic heterocycles. The molecule has 0 radical (unpaired) electrons.